The molecule has 32 heavy (non-hydrogen) atoms. The van der Waals surface area contributed by atoms with Gasteiger partial charge in [0.05, 0.1) is 16.9 Å². The molecule has 1 amide bonds. The van der Waals surface area contributed by atoms with Crippen LogP contribution in [0.5, 0.6) is 0 Å². The molecule has 9 heteroatoms. The predicted molar refractivity (Wildman–Crippen MR) is 125 cm³/mol. The number of pyridine rings is 1. The molecule has 158 valence electrons. The molecule has 0 bridgehead atoms. The van der Waals surface area contributed by atoms with Crippen LogP contribution in [0.3, 0.4) is 0 Å². The molecule has 0 aliphatic rings. The van der Waals surface area contributed by atoms with Gasteiger partial charge in [0.1, 0.15) is 0 Å². The van der Waals surface area contributed by atoms with E-state index in [0.717, 1.165) is 11.3 Å². The van der Waals surface area contributed by atoms with Crippen LogP contribution in [0.15, 0.2) is 78.2 Å². The van der Waals surface area contributed by atoms with Crippen molar-refractivity contribution in [1.29, 1.82) is 5.26 Å². The van der Waals surface area contributed by atoms with Crippen LogP contribution in [0.2, 0.25) is 5.02 Å². The summed E-state index contributed by atoms with van der Waals surface area (Å²) in [5, 5.41) is 21.3. The highest BCUT2D eigenvalue weighted by molar-refractivity contribution is 8.00. The lowest BCUT2D eigenvalue weighted by Gasteiger charge is -2.14. The molecule has 0 spiro atoms. The van der Waals surface area contributed by atoms with Crippen LogP contribution in [0, 0.1) is 11.3 Å². The Morgan fingerprint density at radius 2 is 1.88 bits per heavy atom. The molecule has 0 fully saturated rings. The Bertz CT molecular complexity index is 1280. The fourth-order valence-corrected chi connectivity index (χ4v) is 3.97. The number of carbonyl (C=O) groups excluding carboxylic acids is 1. The van der Waals surface area contributed by atoms with Crippen molar-refractivity contribution in [1.82, 2.24) is 19.7 Å². The number of nitrogens with one attached hydrogen (secondary N) is 1. The molecule has 0 aliphatic carbocycles. The number of thioether (sulfide) groups is 1. The zero-order valence-electron chi connectivity index (χ0n) is 16.9. The molecule has 1 atom stereocenters. The van der Waals surface area contributed by atoms with Crippen molar-refractivity contribution in [2.45, 2.75) is 17.3 Å². The quantitative estimate of drug-likeness (QED) is 0.408. The molecule has 0 saturated heterocycles. The van der Waals surface area contributed by atoms with Crippen LogP contribution in [0.25, 0.3) is 17.1 Å². The van der Waals surface area contributed by atoms with E-state index < -0.39 is 5.25 Å². The van der Waals surface area contributed by atoms with Gasteiger partial charge in [-0.15, -0.1) is 10.2 Å². The summed E-state index contributed by atoms with van der Waals surface area (Å²) in [6.45, 7) is 1.79. The number of carbonyl (C=O) groups is 1. The first-order valence-electron chi connectivity index (χ1n) is 9.64. The van der Waals surface area contributed by atoms with Crippen molar-refractivity contribution in [2.75, 3.05) is 5.32 Å². The minimum absolute atomic E-state index is 0.207. The molecule has 4 aromatic rings. The maximum absolute atomic E-state index is 12.8. The van der Waals surface area contributed by atoms with E-state index in [0.29, 0.717) is 27.3 Å². The maximum atomic E-state index is 12.8. The minimum atomic E-state index is -0.471. The van der Waals surface area contributed by atoms with Crippen molar-refractivity contribution in [3.05, 3.63) is 83.6 Å². The zero-order valence-corrected chi connectivity index (χ0v) is 18.5. The first-order chi connectivity index (χ1) is 15.5. The highest BCUT2D eigenvalue weighted by Crippen LogP contribution is 2.31. The van der Waals surface area contributed by atoms with E-state index in [1.807, 2.05) is 28.8 Å². The number of anilines is 1. The van der Waals surface area contributed by atoms with Gasteiger partial charge < -0.3 is 5.32 Å². The first kappa shape index (κ1) is 21.6. The lowest BCUT2D eigenvalue weighted by atomic mass is 10.2. The molecular weight excluding hydrogens is 444 g/mol. The van der Waals surface area contributed by atoms with Crippen molar-refractivity contribution in [3.8, 4) is 23.1 Å². The monoisotopic (exact) mass is 460 g/mol. The number of hydrogen-bond donors (Lipinski definition) is 1. The summed E-state index contributed by atoms with van der Waals surface area (Å²) in [6, 6.07) is 19.9. The number of amides is 1. The van der Waals surface area contributed by atoms with Gasteiger partial charge in [0.15, 0.2) is 11.0 Å². The van der Waals surface area contributed by atoms with E-state index in [1.165, 1.54) is 11.8 Å². The largest absolute Gasteiger partial charge is 0.325 e. The topological polar surface area (TPSA) is 96.5 Å². The molecule has 0 aliphatic heterocycles. The lowest BCUT2D eigenvalue weighted by Crippen LogP contribution is -2.23. The number of hydrogen-bond acceptors (Lipinski definition) is 6. The second kappa shape index (κ2) is 9.64. The molecule has 2 heterocycles. The van der Waals surface area contributed by atoms with Gasteiger partial charge in [-0.1, -0.05) is 29.4 Å². The Morgan fingerprint density at radius 1 is 1.12 bits per heavy atom. The van der Waals surface area contributed by atoms with Gasteiger partial charge in [-0.05, 0) is 61.5 Å². The van der Waals surface area contributed by atoms with Crippen molar-refractivity contribution < 1.29 is 4.79 Å². The van der Waals surface area contributed by atoms with Crippen LogP contribution in [-0.4, -0.2) is 30.9 Å². The summed E-state index contributed by atoms with van der Waals surface area (Å²) in [6.07, 6.45) is 3.38. The number of rotatable bonds is 6. The van der Waals surface area contributed by atoms with E-state index in [2.05, 4.69) is 26.6 Å². The number of nitriles is 1. The van der Waals surface area contributed by atoms with Gasteiger partial charge in [-0.25, -0.2) is 0 Å². The van der Waals surface area contributed by atoms with E-state index in [1.54, 1.807) is 55.7 Å². The van der Waals surface area contributed by atoms with Gasteiger partial charge >= 0.3 is 0 Å². The standard InChI is InChI=1S/C23H17ClN6OS/c1-15(22(31)27-19-4-2-3-16(13-19)14-25)32-23-29-28-21(17-9-11-26-12-10-17)30(23)20-7-5-18(24)6-8-20/h2-13,15H,1H3,(H,27,31)/t15-/m1/s1. The summed E-state index contributed by atoms with van der Waals surface area (Å²) in [5.74, 6) is 0.424. The molecule has 0 unspecified atom stereocenters. The second-order valence-corrected chi connectivity index (χ2v) is 8.54. The van der Waals surface area contributed by atoms with E-state index in [4.69, 9.17) is 16.9 Å². The lowest BCUT2D eigenvalue weighted by molar-refractivity contribution is -0.115. The van der Waals surface area contributed by atoms with Crippen molar-refractivity contribution in [2.24, 2.45) is 0 Å². The van der Waals surface area contributed by atoms with Gasteiger partial charge in [0.2, 0.25) is 5.91 Å². The third kappa shape index (κ3) is 4.80. The number of aromatic nitrogens is 4. The Kier molecular flexibility index (Phi) is 6.50. The Labute approximate surface area is 194 Å². The summed E-state index contributed by atoms with van der Waals surface area (Å²) in [7, 11) is 0. The minimum Gasteiger partial charge on any atom is -0.325 e. The molecule has 1 N–H and O–H groups in total. The second-order valence-electron chi connectivity index (χ2n) is 6.80. The van der Waals surface area contributed by atoms with E-state index in [-0.39, 0.29) is 5.91 Å². The van der Waals surface area contributed by atoms with Gasteiger partial charge in [-0.2, -0.15) is 5.26 Å². The molecule has 2 aromatic heterocycles. The summed E-state index contributed by atoms with van der Waals surface area (Å²) in [4.78, 5) is 16.9. The molecule has 0 radical (unpaired) electrons. The third-order valence-corrected chi connectivity index (χ3v) is 5.86. The first-order valence-corrected chi connectivity index (χ1v) is 10.9. The van der Waals surface area contributed by atoms with Crippen LogP contribution in [0.4, 0.5) is 5.69 Å². The van der Waals surface area contributed by atoms with Gasteiger partial charge in [0.25, 0.3) is 0 Å². The summed E-state index contributed by atoms with van der Waals surface area (Å²) >= 11 is 7.35. The van der Waals surface area contributed by atoms with Crippen LogP contribution in [0.1, 0.15) is 12.5 Å². The van der Waals surface area contributed by atoms with Crippen LogP contribution >= 0.6 is 23.4 Å². The summed E-state index contributed by atoms with van der Waals surface area (Å²) < 4.78 is 1.89. The number of halogens is 1. The van der Waals surface area contributed by atoms with Crippen molar-refractivity contribution in [3.63, 3.8) is 0 Å². The maximum Gasteiger partial charge on any atom is 0.237 e. The van der Waals surface area contributed by atoms with Gasteiger partial charge in [0, 0.05) is 34.4 Å². The van der Waals surface area contributed by atoms with Crippen molar-refractivity contribution >= 4 is 35.0 Å². The Balaban J connectivity index is 1.63. The van der Waals surface area contributed by atoms with Crippen LogP contribution in [-0.2, 0) is 4.79 Å². The zero-order chi connectivity index (χ0) is 22.5. The fraction of sp³-hybridized carbons (Fsp3) is 0.0870. The third-order valence-electron chi connectivity index (χ3n) is 4.57. The SMILES string of the molecule is C[C@@H](Sc1nnc(-c2ccncc2)n1-c1ccc(Cl)cc1)C(=O)Nc1cccc(C#N)c1. The normalized spacial score (nSPS) is 11.5. The Morgan fingerprint density at radius 3 is 2.59 bits per heavy atom. The molecule has 2 aromatic carbocycles. The predicted octanol–water partition coefficient (Wildman–Crippen LogP) is 4.97. The fourth-order valence-electron chi connectivity index (χ4n) is 2.98. The average molecular weight is 461 g/mol. The molecular formula is C23H17ClN6OS. The number of nitrogens with zero attached hydrogens (tertiary/aromatic N) is 5. The number of benzene rings is 2. The smallest absolute Gasteiger partial charge is 0.237 e. The highest BCUT2D eigenvalue weighted by atomic mass is 35.5. The van der Waals surface area contributed by atoms with E-state index in [9.17, 15) is 4.79 Å². The van der Waals surface area contributed by atoms with Crippen LogP contribution < -0.4 is 5.32 Å². The molecule has 4 rings (SSSR count). The van der Waals surface area contributed by atoms with Gasteiger partial charge in [-0.3, -0.25) is 14.3 Å². The van der Waals surface area contributed by atoms with E-state index >= 15 is 0 Å². The Hall–Kier alpha value is -3.67. The highest BCUT2D eigenvalue weighted by Gasteiger charge is 2.22. The molecule has 0 saturated carbocycles. The average Bonchev–Trinajstić information content (AvgIpc) is 3.23. The molecule has 7 nitrogen and oxygen atoms in total. The summed E-state index contributed by atoms with van der Waals surface area (Å²) in [5.41, 5.74) is 2.72.